The maximum absolute atomic E-state index is 13.6. The number of carbonyl (C=O) groups is 2. The molecule has 1 fully saturated rings. The predicted molar refractivity (Wildman–Crippen MR) is 133 cm³/mol. The van der Waals surface area contributed by atoms with E-state index in [1.807, 2.05) is 38.1 Å². The molecule has 1 aliphatic carbocycles. The second-order valence-corrected chi connectivity index (χ2v) is 8.89. The first-order valence-electron chi connectivity index (χ1n) is 12.1. The average molecular weight is 477 g/mol. The zero-order valence-corrected chi connectivity index (χ0v) is 20.5. The molecule has 9 heteroatoms. The highest BCUT2D eigenvalue weighted by Crippen LogP contribution is 2.26. The largest absolute Gasteiger partial charge is 0.497 e. The number of benzene rings is 2. The molecule has 0 saturated heterocycles. The number of nitrogens with zero attached hydrogens (tertiary/aromatic N) is 5. The van der Waals surface area contributed by atoms with Crippen molar-refractivity contribution in [2.45, 2.75) is 64.6 Å². The van der Waals surface area contributed by atoms with Crippen LogP contribution in [0, 0.1) is 6.92 Å². The van der Waals surface area contributed by atoms with Crippen molar-refractivity contribution in [2.24, 2.45) is 0 Å². The van der Waals surface area contributed by atoms with E-state index in [2.05, 4.69) is 20.7 Å². The fourth-order valence-electron chi connectivity index (χ4n) is 4.44. The van der Waals surface area contributed by atoms with Crippen LogP contribution in [0.25, 0.3) is 11.4 Å². The van der Waals surface area contributed by atoms with Crippen LogP contribution in [0.3, 0.4) is 0 Å². The van der Waals surface area contributed by atoms with Crippen LogP contribution in [0.1, 0.15) is 44.6 Å². The Labute approximate surface area is 205 Å². The van der Waals surface area contributed by atoms with Gasteiger partial charge in [0.05, 0.1) is 7.11 Å². The maximum atomic E-state index is 13.6. The Balaban J connectivity index is 1.59. The van der Waals surface area contributed by atoms with Crippen molar-refractivity contribution in [2.75, 3.05) is 12.0 Å². The first kappa shape index (κ1) is 24.4. The van der Waals surface area contributed by atoms with Gasteiger partial charge in [0.1, 0.15) is 18.3 Å². The number of amides is 2. The monoisotopic (exact) mass is 476 g/mol. The Hall–Kier alpha value is -3.75. The third-order valence-electron chi connectivity index (χ3n) is 6.34. The van der Waals surface area contributed by atoms with Gasteiger partial charge in [-0.05, 0) is 43.5 Å². The summed E-state index contributed by atoms with van der Waals surface area (Å²) < 4.78 is 5.37. The van der Waals surface area contributed by atoms with E-state index in [0.29, 0.717) is 23.7 Å². The van der Waals surface area contributed by atoms with E-state index in [4.69, 9.17) is 4.74 Å². The first-order valence-corrected chi connectivity index (χ1v) is 12.1. The molecule has 1 aliphatic rings. The van der Waals surface area contributed by atoms with Gasteiger partial charge in [0.2, 0.25) is 11.7 Å². The third kappa shape index (κ3) is 5.85. The van der Waals surface area contributed by atoms with Crippen LogP contribution in [0.5, 0.6) is 5.75 Å². The van der Waals surface area contributed by atoms with Crippen LogP contribution in [-0.2, 0) is 16.1 Å². The molecule has 9 nitrogen and oxygen atoms in total. The lowest BCUT2D eigenvalue weighted by Gasteiger charge is -2.31. The van der Waals surface area contributed by atoms with Crippen molar-refractivity contribution >= 4 is 17.5 Å². The Bertz CT molecular complexity index is 1150. The molecule has 184 valence electrons. The Morgan fingerprint density at radius 1 is 1.17 bits per heavy atom. The number of nitrogens with one attached hydrogen (secondary N) is 1. The summed E-state index contributed by atoms with van der Waals surface area (Å²) in [5.41, 5.74) is 2.54. The smallest absolute Gasteiger partial charge is 0.251 e. The van der Waals surface area contributed by atoms with Crippen LogP contribution >= 0.6 is 0 Å². The van der Waals surface area contributed by atoms with Gasteiger partial charge in [0, 0.05) is 23.4 Å². The molecule has 0 bridgehead atoms. The van der Waals surface area contributed by atoms with Gasteiger partial charge in [-0.15, -0.1) is 10.2 Å². The lowest BCUT2D eigenvalue weighted by atomic mass is 10.1. The Kier molecular flexibility index (Phi) is 7.74. The highest BCUT2D eigenvalue weighted by molar-refractivity contribution is 6.00. The van der Waals surface area contributed by atoms with Gasteiger partial charge < -0.3 is 10.1 Å². The van der Waals surface area contributed by atoms with E-state index in [-0.39, 0.29) is 24.4 Å². The van der Waals surface area contributed by atoms with Crippen molar-refractivity contribution in [1.82, 2.24) is 25.5 Å². The van der Waals surface area contributed by atoms with Gasteiger partial charge in [-0.3, -0.25) is 14.5 Å². The molecule has 0 unspecified atom stereocenters. The number of tetrazole rings is 1. The van der Waals surface area contributed by atoms with E-state index < -0.39 is 6.04 Å². The van der Waals surface area contributed by atoms with Crippen molar-refractivity contribution < 1.29 is 14.3 Å². The van der Waals surface area contributed by atoms with Crippen LogP contribution < -0.4 is 15.0 Å². The van der Waals surface area contributed by atoms with Crippen molar-refractivity contribution in [3.8, 4) is 17.1 Å². The summed E-state index contributed by atoms with van der Waals surface area (Å²) in [5.74, 6) is 0.589. The second-order valence-electron chi connectivity index (χ2n) is 8.89. The molecule has 1 N–H and O–H groups in total. The molecule has 3 aromatic rings. The summed E-state index contributed by atoms with van der Waals surface area (Å²) in [4.78, 5) is 29.7. The average Bonchev–Trinajstić information content (AvgIpc) is 3.55. The maximum Gasteiger partial charge on any atom is 0.251 e. The number of rotatable bonds is 9. The van der Waals surface area contributed by atoms with Crippen LogP contribution in [0.15, 0.2) is 48.5 Å². The van der Waals surface area contributed by atoms with Gasteiger partial charge in [0.25, 0.3) is 5.91 Å². The number of methoxy groups -OCH3 is 1. The minimum absolute atomic E-state index is 0.150. The van der Waals surface area contributed by atoms with Crippen LogP contribution in [0.2, 0.25) is 0 Å². The normalized spacial score (nSPS) is 14.5. The minimum Gasteiger partial charge on any atom is -0.497 e. The number of aromatic nitrogens is 4. The van der Waals surface area contributed by atoms with Gasteiger partial charge in [-0.25, -0.2) is 0 Å². The van der Waals surface area contributed by atoms with Crippen molar-refractivity contribution in [3.05, 3.63) is 54.1 Å². The molecule has 1 atom stereocenters. The quantitative estimate of drug-likeness (QED) is 0.507. The van der Waals surface area contributed by atoms with E-state index >= 15 is 0 Å². The highest BCUT2D eigenvalue weighted by Gasteiger charge is 2.32. The number of aryl methyl sites for hydroxylation is 1. The zero-order chi connectivity index (χ0) is 24.8. The van der Waals surface area contributed by atoms with Crippen LogP contribution in [0.4, 0.5) is 5.69 Å². The second kappa shape index (κ2) is 11.1. The van der Waals surface area contributed by atoms with Gasteiger partial charge in [-0.1, -0.05) is 55.7 Å². The predicted octanol–water partition coefficient (Wildman–Crippen LogP) is 3.53. The zero-order valence-electron chi connectivity index (χ0n) is 20.5. The van der Waals surface area contributed by atoms with Crippen molar-refractivity contribution in [1.29, 1.82) is 0 Å². The molecule has 35 heavy (non-hydrogen) atoms. The van der Waals surface area contributed by atoms with E-state index in [9.17, 15) is 9.59 Å². The summed E-state index contributed by atoms with van der Waals surface area (Å²) in [5, 5.41) is 15.7. The minimum atomic E-state index is -0.671. The third-order valence-corrected chi connectivity index (χ3v) is 6.34. The first-order chi connectivity index (χ1) is 17.0. The van der Waals surface area contributed by atoms with E-state index in [1.165, 1.54) is 9.70 Å². The van der Waals surface area contributed by atoms with Crippen molar-refractivity contribution in [3.63, 3.8) is 0 Å². The lowest BCUT2D eigenvalue weighted by molar-refractivity contribution is -0.127. The van der Waals surface area contributed by atoms with Crippen LogP contribution in [-0.4, -0.2) is 51.2 Å². The van der Waals surface area contributed by atoms with E-state index in [1.54, 1.807) is 31.4 Å². The summed E-state index contributed by atoms with van der Waals surface area (Å²) in [6.07, 6.45) is 4.63. The lowest BCUT2D eigenvalue weighted by Crippen LogP contribution is -2.52. The molecule has 1 heterocycles. The summed E-state index contributed by atoms with van der Waals surface area (Å²) in [6, 6.07) is 14.4. The molecule has 0 aliphatic heterocycles. The topological polar surface area (TPSA) is 102 Å². The molecule has 1 aromatic heterocycles. The SMILES string of the molecule is CC[C@H](C(=O)NC1CCCC1)N(C(=O)Cn1nnc(-c2ccc(C)cc2)n1)c1cccc(OC)c1. The van der Waals surface area contributed by atoms with E-state index in [0.717, 1.165) is 36.8 Å². The molecule has 2 amide bonds. The van der Waals surface area contributed by atoms with Gasteiger partial charge in [-0.2, -0.15) is 4.80 Å². The molecule has 2 aromatic carbocycles. The van der Waals surface area contributed by atoms with Gasteiger partial charge in [0.15, 0.2) is 0 Å². The number of anilines is 1. The summed E-state index contributed by atoms with van der Waals surface area (Å²) in [6.45, 7) is 3.76. The molecule has 0 spiro atoms. The molecular weight excluding hydrogens is 444 g/mol. The fourth-order valence-corrected chi connectivity index (χ4v) is 4.44. The summed E-state index contributed by atoms with van der Waals surface area (Å²) >= 11 is 0. The number of hydrogen-bond acceptors (Lipinski definition) is 6. The Morgan fingerprint density at radius 2 is 1.91 bits per heavy atom. The number of ether oxygens (including phenoxy) is 1. The molecule has 0 radical (unpaired) electrons. The summed E-state index contributed by atoms with van der Waals surface area (Å²) in [7, 11) is 1.57. The molecule has 4 rings (SSSR count). The number of hydrogen-bond donors (Lipinski definition) is 1. The molecular formula is C26H32N6O3. The standard InChI is InChI=1S/C26H32N6O3/c1-4-23(26(34)27-20-8-5-6-9-20)32(21-10-7-11-22(16-21)35-3)24(33)17-31-29-25(28-30-31)19-14-12-18(2)13-15-19/h7,10-16,20,23H,4-6,8-9,17H2,1-3H3,(H,27,34)/t23-/m1/s1. The van der Waals surface area contributed by atoms with Gasteiger partial charge >= 0.3 is 0 Å². The highest BCUT2D eigenvalue weighted by atomic mass is 16.5. The number of carbonyl (C=O) groups excluding carboxylic acids is 2. The molecule has 1 saturated carbocycles. The Morgan fingerprint density at radius 3 is 2.60 bits per heavy atom. The fraction of sp³-hybridized carbons (Fsp3) is 0.423.